The topological polar surface area (TPSA) is 29.3 Å². The Hall–Kier alpha value is -1.30. The van der Waals surface area contributed by atoms with Crippen LogP contribution in [0.1, 0.15) is 43.2 Å². The first-order valence-corrected chi connectivity index (χ1v) is 7.75. The van der Waals surface area contributed by atoms with Crippen molar-refractivity contribution in [3.05, 3.63) is 35.4 Å². The van der Waals surface area contributed by atoms with Crippen LogP contribution in [0.25, 0.3) is 0 Å². The van der Waals surface area contributed by atoms with Crippen LogP contribution < -0.4 is 5.73 Å². The van der Waals surface area contributed by atoms with E-state index in [2.05, 4.69) is 42.0 Å². The van der Waals surface area contributed by atoms with Crippen LogP contribution >= 0.6 is 0 Å². The molecule has 0 bridgehead atoms. The predicted molar refractivity (Wildman–Crippen MR) is 85.3 cm³/mol. The molecule has 0 atom stereocenters. The Bertz CT molecular complexity index is 464. The van der Waals surface area contributed by atoms with Gasteiger partial charge in [0.2, 0.25) is 0 Å². The Labute approximate surface area is 123 Å². The van der Waals surface area contributed by atoms with Gasteiger partial charge in [0.25, 0.3) is 0 Å². The predicted octanol–water partition coefficient (Wildman–Crippen LogP) is 3.01. The van der Waals surface area contributed by atoms with Gasteiger partial charge in [0.1, 0.15) is 0 Å². The summed E-state index contributed by atoms with van der Waals surface area (Å²) in [6.45, 7) is 2.61. The van der Waals surface area contributed by atoms with Crippen LogP contribution in [0.5, 0.6) is 0 Å². The highest BCUT2D eigenvalue weighted by Gasteiger charge is 2.15. The van der Waals surface area contributed by atoms with Gasteiger partial charge in [0.05, 0.1) is 6.54 Å². The number of hydrogen-bond donors (Lipinski definition) is 1. The zero-order valence-electron chi connectivity index (χ0n) is 12.6. The Balaban J connectivity index is 1.94. The number of nitrogens with two attached hydrogens (primary N) is 1. The van der Waals surface area contributed by atoms with E-state index >= 15 is 0 Å². The van der Waals surface area contributed by atoms with Crippen molar-refractivity contribution in [2.45, 2.75) is 38.6 Å². The zero-order valence-corrected chi connectivity index (χ0v) is 12.6. The van der Waals surface area contributed by atoms with Gasteiger partial charge in [-0.05, 0) is 37.4 Å². The molecule has 1 aliphatic rings. The number of benzene rings is 1. The van der Waals surface area contributed by atoms with E-state index in [9.17, 15) is 0 Å². The van der Waals surface area contributed by atoms with E-state index in [0.717, 1.165) is 18.0 Å². The minimum atomic E-state index is 0.423. The van der Waals surface area contributed by atoms with Crippen molar-refractivity contribution in [2.24, 2.45) is 11.7 Å². The summed E-state index contributed by atoms with van der Waals surface area (Å²) in [6, 6.07) is 8.41. The molecule has 108 valence electrons. The molecule has 2 heteroatoms. The molecular weight excluding hydrogens is 244 g/mol. The quantitative estimate of drug-likeness (QED) is 0.852. The summed E-state index contributed by atoms with van der Waals surface area (Å²) in [6.07, 6.45) is 7.06. The lowest BCUT2D eigenvalue weighted by atomic mass is 9.89. The average molecular weight is 270 g/mol. The lowest BCUT2D eigenvalue weighted by Crippen LogP contribution is -2.27. The highest BCUT2D eigenvalue weighted by molar-refractivity contribution is 5.41. The SMILES string of the molecule is CN(Cc1ccccc1C#CCN)CC1CCCCC1. The first-order valence-electron chi connectivity index (χ1n) is 7.75. The summed E-state index contributed by atoms with van der Waals surface area (Å²) in [5, 5.41) is 0. The van der Waals surface area contributed by atoms with E-state index in [0.29, 0.717) is 6.54 Å². The van der Waals surface area contributed by atoms with Gasteiger partial charge < -0.3 is 10.6 Å². The van der Waals surface area contributed by atoms with E-state index in [-0.39, 0.29) is 0 Å². The standard InChI is InChI=1S/C18H26N2/c1-20(14-16-8-3-2-4-9-16)15-18-11-6-5-10-17(18)12-7-13-19/h5-6,10-11,16H,2-4,8-9,13-15,19H2,1H3. The molecule has 2 rings (SSSR count). The number of rotatable bonds is 4. The number of nitrogens with zero attached hydrogens (tertiary/aromatic N) is 1. The molecular formula is C18H26N2. The summed E-state index contributed by atoms with van der Waals surface area (Å²) >= 11 is 0. The Morgan fingerprint density at radius 2 is 1.95 bits per heavy atom. The molecule has 0 unspecified atom stereocenters. The van der Waals surface area contributed by atoms with E-state index in [4.69, 9.17) is 5.73 Å². The molecule has 0 spiro atoms. The third kappa shape index (κ3) is 4.67. The smallest absolute Gasteiger partial charge is 0.0555 e. The van der Waals surface area contributed by atoms with Crippen molar-refractivity contribution in [3.8, 4) is 11.8 Å². The van der Waals surface area contributed by atoms with E-state index < -0.39 is 0 Å². The third-order valence-corrected chi connectivity index (χ3v) is 4.08. The van der Waals surface area contributed by atoms with Gasteiger partial charge in [-0.25, -0.2) is 0 Å². The van der Waals surface area contributed by atoms with Crippen LogP contribution in [0.2, 0.25) is 0 Å². The first-order chi connectivity index (χ1) is 9.79. The highest BCUT2D eigenvalue weighted by Crippen LogP contribution is 2.24. The van der Waals surface area contributed by atoms with Crippen molar-refractivity contribution in [2.75, 3.05) is 20.1 Å². The van der Waals surface area contributed by atoms with Crippen LogP contribution in [0.4, 0.5) is 0 Å². The fourth-order valence-electron chi connectivity index (χ4n) is 3.09. The monoisotopic (exact) mass is 270 g/mol. The third-order valence-electron chi connectivity index (χ3n) is 4.08. The van der Waals surface area contributed by atoms with Crippen LogP contribution in [0.15, 0.2) is 24.3 Å². The minimum Gasteiger partial charge on any atom is -0.320 e. The van der Waals surface area contributed by atoms with Gasteiger partial charge in [-0.3, -0.25) is 0 Å². The van der Waals surface area contributed by atoms with Gasteiger partial charge in [-0.1, -0.05) is 49.3 Å². The second-order valence-corrected chi connectivity index (χ2v) is 5.86. The van der Waals surface area contributed by atoms with Gasteiger partial charge >= 0.3 is 0 Å². The van der Waals surface area contributed by atoms with Gasteiger partial charge in [0.15, 0.2) is 0 Å². The lowest BCUT2D eigenvalue weighted by molar-refractivity contribution is 0.228. The average Bonchev–Trinajstić information content (AvgIpc) is 2.47. The molecule has 2 nitrogen and oxygen atoms in total. The van der Waals surface area contributed by atoms with Crippen LogP contribution in [0.3, 0.4) is 0 Å². The number of hydrogen-bond acceptors (Lipinski definition) is 2. The van der Waals surface area contributed by atoms with E-state index in [1.807, 2.05) is 6.07 Å². The van der Waals surface area contributed by atoms with Crippen LogP contribution in [-0.2, 0) is 6.54 Å². The second kappa shape index (κ2) is 8.09. The van der Waals surface area contributed by atoms with Gasteiger partial charge in [-0.2, -0.15) is 0 Å². The molecule has 1 aromatic carbocycles. The molecule has 1 aliphatic carbocycles. The fourth-order valence-corrected chi connectivity index (χ4v) is 3.09. The second-order valence-electron chi connectivity index (χ2n) is 5.86. The molecule has 20 heavy (non-hydrogen) atoms. The summed E-state index contributed by atoms with van der Waals surface area (Å²) in [7, 11) is 2.22. The van der Waals surface area contributed by atoms with Crippen molar-refractivity contribution in [3.63, 3.8) is 0 Å². The molecule has 0 radical (unpaired) electrons. The summed E-state index contributed by atoms with van der Waals surface area (Å²) in [5.74, 6) is 7.02. The molecule has 1 aromatic rings. The van der Waals surface area contributed by atoms with Crippen molar-refractivity contribution in [1.29, 1.82) is 0 Å². The Morgan fingerprint density at radius 1 is 1.20 bits per heavy atom. The van der Waals surface area contributed by atoms with E-state index in [1.54, 1.807) is 0 Å². The summed E-state index contributed by atoms with van der Waals surface area (Å²) in [4.78, 5) is 2.44. The molecule has 0 aliphatic heterocycles. The summed E-state index contributed by atoms with van der Waals surface area (Å²) < 4.78 is 0. The van der Waals surface area contributed by atoms with Gasteiger partial charge in [-0.15, -0.1) is 0 Å². The molecule has 1 fully saturated rings. The normalized spacial score (nSPS) is 15.9. The lowest BCUT2D eigenvalue weighted by Gasteiger charge is -2.27. The van der Waals surface area contributed by atoms with Crippen LogP contribution in [-0.4, -0.2) is 25.0 Å². The maximum Gasteiger partial charge on any atom is 0.0555 e. The molecule has 1 saturated carbocycles. The Morgan fingerprint density at radius 3 is 2.70 bits per heavy atom. The fraction of sp³-hybridized carbons (Fsp3) is 0.556. The van der Waals surface area contributed by atoms with Crippen molar-refractivity contribution < 1.29 is 0 Å². The molecule has 0 saturated heterocycles. The summed E-state index contributed by atoms with van der Waals surface area (Å²) in [5.41, 5.74) is 7.90. The zero-order chi connectivity index (χ0) is 14.2. The maximum absolute atomic E-state index is 5.47. The van der Waals surface area contributed by atoms with Crippen molar-refractivity contribution >= 4 is 0 Å². The molecule has 0 aromatic heterocycles. The van der Waals surface area contributed by atoms with Crippen LogP contribution in [0, 0.1) is 17.8 Å². The molecule has 2 N–H and O–H groups in total. The first kappa shape index (κ1) is 15.1. The Kier molecular flexibility index (Phi) is 6.11. The molecule has 0 heterocycles. The largest absolute Gasteiger partial charge is 0.320 e. The molecule has 0 amide bonds. The van der Waals surface area contributed by atoms with E-state index in [1.165, 1.54) is 44.2 Å². The maximum atomic E-state index is 5.47. The van der Waals surface area contributed by atoms with Crippen molar-refractivity contribution in [1.82, 2.24) is 4.90 Å². The minimum absolute atomic E-state index is 0.423. The highest BCUT2D eigenvalue weighted by atomic mass is 15.1. The van der Waals surface area contributed by atoms with Gasteiger partial charge in [0, 0.05) is 18.7 Å².